The predicted molar refractivity (Wildman–Crippen MR) is 148 cm³/mol. The number of hydrogen-bond acceptors (Lipinski definition) is 11. The van der Waals surface area contributed by atoms with Gasteiger partial charge in [-0.3, -0.25) is 4.55 Å². The smallest absolute Gasteiger partial charge is 0.343 e. The second-order valence-corrected chi connectivity index (χ2v) is 14.8. The molecule has 4 rings (SSSR count). The summed E-state index contributed by atoms with van der Waals surface area (Å²) >= 11 is 0. The number of hydrogen-bond donors (Lipinski definition) is 1. The molecule has 0 aliphatic heterocycles. The van der Waals surface area contributed by atoms with Crippen LogP contribution in [0.25, 0.3) is 0 Å². The van der Waals surface area contributed by atoms with E-state index in [2.05, 4.69) is 0 Å². The first-order valence-corrected chi connectivity index (χ1v) is 17.3. The van der Waals surface area contributed by atoms with E-state index in [0.29, 0.717) is 6.07 Å². The molecule has 222 valence electrons. The number of benzene rings is 4. The summed E-state index contributed by atoms with van der Waals surface area (Å²) in [6, 6.07) is 17.6. The summed E-state index contributed by atoms with van der Waals surface area (Å²) < 4.78 is 127. The minimum absolute atomic E-state index is 0.252. The van der Waals surface area contributed by atoms with E-state index in [4.69, 9.17) is 12.5 Å². The Morgan fingerprint density at radius 2 is 0.952 bits per heavy atom. The van der Waals surface area contributed by atoms with Crippen LogP contribution in [0.1, 0.15) is 11.1 Å². The molecule has 0 saturated carbocycles. The van der Waals surface area contributed by atoms with E-state index >= 15 is 0 Å². The lowest BCUT2D eigenvalue weighted by Gasteiger charge is -2.15. The van der Waals surface area contributed by atoms with Gasteiger partial charge in [0.05, 0.1) is 0 Å². The maximum Gasteiger partial charge on any atom is 0.343 e. The Hall–Kier alpha value is -3.96. The quantitative estimate of drug-likeness (QED) is 0.193. The maximum atomic E-state index is 13.4. The van der Waals surface area contributed by atoms with Crippen LogP contribution in [0.5, 0.6) is 17.2 Å². The van der Waals surface area contributed by atoms with E-state index in [1.807, 2.05) is 0 Å². The summed E-state index contributed by atoms with van der Waals surface area (Å²) in [5, 5.41) is 0. The molecular formula is C26H22O12S4. The Morgan fingerprint density at radius 3 is 1.48 bits per heavy atom. The molecule has 0 amide bonds. The van der Waals surface area contributed by atoms with E-state index in [1.165, 1.54) is 60.7 Å². The number of para-hydroxylation sites is 1. The van der Waals surface area contributed by atoms with Gasteiger partial charge in [-0.1, -0.05) is 47.5 Å². The summed E-state index contributed by atoms with van der Waals surface area (Å²) in [6.07, 6.45) is 0. The Kier molecular flexibility index (Phi) is 8.39. The molecule has 12 nitrogen and oxygen atoms in total. The van der Waals surface area contributed by atoms with Crippen LogP contribution >= 0.6 is 0 Å². The molecular weight excluding hydrogens is 633 g/mol. The Morgan fingerprint density at radius 1 is 0.500 bits per heavy atom. The van der Waals surface area contributed by atoms with Gasteiger partial charge in [0.15, 0.2) is 16.4 Å². The third-order valence-electron chi connectivity index (χ3n) is 5.54. The van der Waals surface area contributed by atoms with Gasteiger partial charge in [-0.15, -0.1) is 0 Å². The van der Waals surface area contributed by atoms with Crippen molar-refractivity contribution in [2.75, 3.05) is 0 Å². The van der Waals surface area contributed by atoms with Gasteiger partial charge in [-0.2, -0.15) is 33.7 Å². The first-order valence-electron chi connectivity index (χ1n) is 11.7. The molecule has 0 radical (unpaired) electrons. The molecule has 0 spiro atoms. The Balaban J connectivity index is 1.82. The van der Waals surface area contributed by atoms with Crippen LogP contribution in [-0.2, 0) is 40.5 Å². The maximum absolute atomic E-state index is 13.4. The summed E-state index contributed by atoms with van der Waals surface area (Å²) in [5.74, 6) is -2.22. The van der Waals surface area contributed by atoms with Gasteiger partial charge in [0.25, 0.3) is 10.1 Å². The van der Waals surface area contributed by atoms with Gasteiger partial charge in [0, 0.05) is 6.07 Å². The molecule has 16 heteroatoms. The van der Waals surface area contributed by atoms with Gasteiger partial charge in [0.2, 0.25) is 0 Å². The zero-order valence-corrected chi connectivity index (χ0v) is 25.0. The Bertz CT molecular complexity index is 2070. The zero-order valence-electron chi connectivity index (χ0n) is 21.7. The average Bonchev–Trinajstić information content (AvgIpc) is 2.89. The summed E-state index contributed by atoms with van der Waals surface area (Å²) in [5.41, 5.74) is 1.50. The second-order valence-electron chi connectivity index (χ2n) is 8.77. The van der Waals surface area contributed by atoms with Crippen molar-refractivity contribution < 1.29 is 50.8 Å². The first-order chi connectivity index (χ1) is 19.5. The molecule has 4 aromatic carbocycles. The molecule has 0 heterocycles. The highest BCUT2D eigenvalue weighted by molar-refractivity contribution is 7.88. The Labute approximate surface area is 243 Å². The third-order valence-corrected chi connectivity index (χ3v) is 10.2. The molecule has 1 N–H and O–H groups in total. The molecule has 0 unspecified atom stereocenters. The highest BCUT2D eigenvalue weighted by atomic mass is 32.2. The van der Waals surface area contributed by atoms with Gasteiger partial charge in [0.1, 0.15) is 20.4 Å². The minimum Gasteiger partial charge on any atom is -0.379 e. The topological polar surface area (TPSA) is 184 Å². The van der Waals surface area contributed by atoms with Crippen molar-refractivity contribution in [2.24, 2.45) is 0 Å². The standard InChI is InChI=1S/C26H22O12S4/c1-18-7-12-21(13-8-18)40(30,31)36-20-11-16-24(37-41(32,33)22-14-9-19(2)10-15-22)26(17-20)42(34,35)38-23-5-3-4-6-25(23)39(27,28)29/h3-17H,1-2H3,(H,27,28,29). The van der Waals surface area contributed by atoms with Crippen LogP contribution in [0.15, 0.2) is 111 Å². The monoisotopic (exact) mass is 654 g/mol. The van der Waals surface area contributed by atoms with Crippen LogP contribution in [0.2, 0.25) is 0 Å². The molecule has 0 fully saturated rings. The summed E-state index contributed by atoms with van der Waals surface area (Å²) in [7, 11) is -19.2. The van der Waals surface area contributed by atoms with Crippen molar-refractivity contribution in [1.29, 1.82) is 0 Å². The van der Waals surface area contributed by atoms with E-state index in [0.717, 1.165) is 35.4 Å². The van der Waals surface area contributed by atoms with Gasteiger partial charge < -0.3 is 12.5 Å². The molecule has 0 bridgehead atoms. The summed E-state index contributed by atoms with van der Waals surface area (Å²) in [6.45, 7) is 3.45. The fourth-order valence-electron chi connectivity index (χ4n) is 3.45. The van der Waals surface area contributed by atoms with Gasteiger partial charge in [-0.05, 0) is 62.4 Å². The molecule has 0 saturated heterocycles. The highest BCUT2D eigenvalue weighted by Crippen LogP contribution is 2.35. The summed E-state index contributed by atoms with van der Waals surface area (Å²) in [4.78, 5) is -2.51. The lowest BCUT2D eigenvalue weighted by atomic mass is 10.2. The molecule has 4 aromatic rings. The van der Waals surface area contributed by atoms with Crippen LogP contribution in [0, 0.1) is 13.8 Å². The molecule has 42 heavy (non-hydrogen) atoms. The van der Waals surface area contributed by atoms with Crippen molar-refractivity contribution in [3.63, 3.8) is 0 Å². The lowest BCUT2D eigenvalue weighted by molar-refractivity contribution is 0.452. The van der Waals surface area contributed by atoms with Crippen LogP contribution in [0.3, 0.4) is 0 Å². The minimum atomic E-state index is -5.18. The third kappa shape index (κ3) is 7.08. The normalized spacial score (nSPS) is 12.5. The van der Waals surface area contributed by atoms with E-state index in [1.54, 1.807) is 13.8 Å². The van der Waals surface area contributed by atoms with E-state index in [9.17, 15) is 38.2 Å². The second kappa shape index (κ2) is 11.4. The lowest BCUT2D eigenvalue weighted by Crippen LogP contribution is -2.17. The average molecular weight is 655 g/mol. The molecule has 0 aromatic heterocycles. The highest BCUT2D eigenvalue weighted by Gasteiger charge is 2.30. The van der Waals surface area contributed by atoms with Gasteiger partial charge >= 0.3 is 30.4 Å². The van der Waals surface area contributed by atoms with E-state index < -0.39 is 67.5 Å². The van der Waals surface area contributed by atoms with Crippen molar-refractivity contribution in [3.05, 3.63) is 102 Å². The fourth-order valence-corrected chi connectivity index (χ4v) is 7.13. The predicted octanol–water partition coefficient (Wildman–Crippen LogP) is 3.85. The largest absolute Gasteiger partial charge is 0.379 e. The van der Waals surface area contributed by atoms with Crippen molar-refractivity contribution in [2.45, 2.75) is 33.4 Å². The molecule has 0 aliphatic carbocycles. The van der Waals surface area contributed by atoms with Crippen molar-refractivity contribution in [3.8, 4) is 17.2 Å². The number of rotatable bonds is 10. The molecule has 0 aliphatic rings. The van der Waals surface area contributed by atoms with Crippen molar-refractivity contribution in [1.82, 2.24) is 0 Å². The number of aryl methyl sites for hydroxylation is 2. The van der Waals surface area contributed by atoms with Gasteiger partial charge in [-0.25, -0.2) is 0 Å². The van der Waals surface area contributed by atoms with Crippen LogP contribution in [-0.4, -0.2) is 38.2 Å². The van der Waals surface area contributed by atoms with Crippen LogP contribution < -0.4 is 12.5 Å². The zero-order chi connectivity index (χ0) is 30.9. The molecule has 0 atom stereocenters. The van der Waals surface area contributed by atoms with Crippen molar-refractivity contribution >= 4 is 40.5 Å². The fraction of sp³-hybridized carbons (Fsp3) is 0.0769. The van der Waals surface area contributed by atoms with Crippen LogP contribution in [0.4, 0.5) is 0 Å². The SMILES string of the molecule is Cc1ccc(S(=O)(=O)Oc2ccc(OS(=O)(=O)c3ccc(C)cc3)c(S(=O)(=O)Oc3ccccc3S(=O)(=O)O)c2)cc1. The van der Waals surface area contributed by atoms with E-state index in [-0.39, 0.29) is 9.79 Å². The first kappa shape index (κ1) is 31.0.